The van der Waals surface area contributed by atoms with Crippen LogP contribution in [-0.4, -0.2) is 18.9 Å². The van der Waals surface area contributed by atoms with Gasteiger partial charge in [-0.3, -0.25) is 9.20 Å². The molecule has 3 rings (SSSR count). The van der Waals surface area contributed by atoms with Crippen LogP contribution in [0.5, 0.6) is 0 Å². The summed E-state index contributed by atoms with van der Waals surface area (Å²) in [7, 11) is 0. The van der Waals surface area contributed by atoms with E-state index in [-0.39, 0.29) is 16.6 Å². The Kier molecular flexibility index (Phi) is 2.83. The fraction of sp³-hybridized carbons (Fsp3) is 0.214. The topological polar surface area (TPSA) is 65.3 Å². The van der Waals surface area contributed by atoms with E-state index in [1.165, 1.54) is 0 Å². The Balaban J connectivity index is 2.64. The van der Waals surface area contributed by atoms with Crippen molar-refractivity contribution in [2.45, 2.75) is 19.9 Å². The standard InChI is InChI=1S/C14H14N4OS/c1-8(2)18-10-6-4-3-5-9(10)17-7-16-11(13(15)20)12(17)14(18)19/h3-8H,1-2H3,(H2,15,20). The number of benzene rings is 1. The van der Waals surface area contributed by atoms with Gasteiger partial charge in [0.2, 0.25) is 0 Å². The first-order valence-corrected chi connectivity index (χ1v) is 6.73. The Morgan fingerprint density at radius 1 is 1.30 bits per heavy atom. The molecule has 0 radical (unpaired) electrons. The third kappa shape index (κ3) is 1.65. The van der Waals surface area contributed by atoms with Crippen LogP contribution in [0.25, 0.3) is 16.6 Å². The second-order valence-corrected chi connectivity index (χ2v) is 5.37. The minimum absolute atomic E-state index is 0.0338. The molecule has 20 heavy (non-hydrogen) atoms. The van der Waals surface area contributed by atoms with Crippen LogP contribution >= 0.6 is 12.2 Å². The van der Waals surface area contributed by atoms with Crippen LogP contribution in [0.4, 0.5) is 0 Å². The van der Waals surface area contributed by atoms with Gasteiger partial charge >= 0.3 is 0 Å². The zero-order chi connectivity index (χ0) is 14.4. The van der Waals surface area contributed by atoms with Crippen LogP contribution < -0.4 is 11.3 Å². The van der Waals surface area contributed by atoms with Crippen LogP contribution in [0.2, 0.25) is 0 Å². The highest BCUT2D eigenvalue weighted by Crippen LogP contribution is 2.19. The van der Waals surface area contributed by atoms with Crippen molar-refractivity contribution in [3.8, 4) is 0 Å². The highest BCUT2D eigenvalue weighted by Gasteiger charge is 2.17. The van der Waals surface area contributed by atoms with Crippen molar-refractivity contribution in [3.63, 3.8) is 0 Å². The highest BCUT2D eigenvalue weighted by atomic mass is 32.1. The molecule has 6 heteroatoms. The number of rotatable bonds is 2. The monoisotopic (exact) mass is 286 g/mol. The maximum Gasteiger partial charge on any atom is 0.277 e. The van der Waals surface area contributed by atoms with Crippen molar-refractivity contribution in [2.24, 2.45) is 5.73 Å². The molecule has 0 bridgehead atoms. The molecule has 0 unspecified atom stereocenters. The Bertz CT molecular complexity index is 891. The maximum absolute atomic E-state index is 12.8. The van der Waals surface area contributed by atoms with Crippen LogP contribution in [-0.2, 0) is 0 Å². The summed E-state index contributed by atoms with van der Waals surface area (Å²) in [4.78, 5) is 17.1. The average Bonchev–Trinajstić information content (AvgIpc) is 2.84. The molecule has 0 fully saturated rings. The summed E-state index contributed by atoms with van der Waals surface area (Å²) < 4.78 is 3.50. The van der Waals surface area contributed by atoms with Gasteiger partial charge < -0.3 is 10.3 Å². The van der Waals surface area contributed by atoms with E-state index in [0.717, 1.165) is 11.0 Å². The van der Waals surface area contributed by atoms with E-state index >= 15 is 0 Å². The summed E-state index contributed by atoms with van der Waals surface area (Å²) in [5.41, 5.74) is 8.14. The molecule has 5 nitrogen and oxygen atoms in total. The Hall–Kier alpha value is -2.21. The molecule has 0 aliphatic carbocycles. The lowest BCUT2D eigenvalue weighted by atomic mass is 10.2. The van der Waals surface area contributed by atoms with Gasteiger partial charge in [0.15, 0.2) is 0 Å². The molecule has 0 aliphatic heterocycles. The molecular formula is C14H14N4OS. The number of nitrogens with zero attached hydrogens (tertiary/aromatic N) is 3. The molecule has 0 saturated carbocycles. The fourth-order valence-corrected chi connectivity index (χ4v) is 2.67. The van der Waals surface area contributed by atoms with E-state index in [0.29, 0.717) is 11.2 Å². The zero-order valence-corrected chi connectivity index (χ0v) is 12.0. The van der Waals surface area contributed by atoms with Gasteiger partial charge in [0.25, 0.3) is 5.56 Å². The van der Waals surface area contributed by atoms with Gasteiger partial charge in [0.05, 0.1) is 11.0 Å². The zero-order valence-electron chi connectivity index (χ0n) is 11.2. The normalized spacial score (nSPS) is 11.6. The molecule has 0 spiro atoms. The highest BCUT2D eigenvalue weighted by molar-refractivity contribution is 7.80. The molecule has 0 atom stereocenters. The molecule has 2 aromatic heterocycles. The minimum atomic E-state index is -0.126. The minimum Gasteiger partial charge on any atom is -0.388 e. The number of hydrogen-bond donors (Lipinski definition) is 1. The van der Waals surface area contributed by atoms with Gasteiger partial charge in [-0.2, -0.15) is 0 Å². The smallest absolute Gasteiger partial charge is 0.277 e. The van der Waals surface area contributed by atoms with Crippen LogP contribution in [0.3, 0.4) is 0 Å². The summed E-state index contributed by atoms with van der Waals surface area (Å²) in [6.45, 7) is 3.95. The second kappa shape index (κ2) is 4.42. The first-order valence-electron chi connectivity index (χ1n) is 6.32. The van der Waals surface area contributed by atoms with Crippen LogP contribution in [0.1, 0.15) is 25.6 Å². The van der Waals surface area contributed by atoms with Crippen LogP contribution in [0.15, 0.2) is 35.4 Å². The first-order chi connectivity index (χ1) is 9.52. The van der Waals surface area contributed by atoms with E-state index < -0.39 is 0 Å². The summed E-state index contributed by atoms with van der Waals surface area (Å²) in [6.07, 6.45) is 1.60. The third-order valence-corrected chi connectivity index (χ3v) is 3.53. The third-order valence-electron chi connectivity index (χ3n) is 3.34. The largest absolute Gasteiger partial charge is 0.388 e. The molecular weight excluding hydrogens is 272 g/mol. The average molecular weight is 286 g/mol. The van der Waals surface area contributed by atoms with Crippen molar-refractivity contribution in [1.29, 1.82) is 0 Å². The van der Waals surface area contributed by atoms with Crippen molar-refractivity contribution in [2.75, 3.05) is 0 Å². The lowest BCUT2D eigenvalue weighted by molar-refractivity contribution is 0.601. The molecule has 2 heterocycles. The molecule has 3 aromatic rings. The van der Waals surface area contributed by atoms with E-state index in [1.54, 1.807) is 15.3 Å². The Morgan fingerprint density at radius 2 is 1.95 bits per heavy atom. The number of aromatic nitrogens is 3. The van der Waals surface area contributed by atoms with Crippen LogP contribution in [0, 0.1) is 0 Å². The predicted molar refractivity (Wildman–Crippen MR) is 83.2 cm³/mol. The number of nitrogens with two attached hydrogens (primary N) is 1. The molecule has 0 amide bonds. The van der Waals surface area contributed by atoms with Gasteiger partial charge in [-0.05, 0) is 26.0 Å². The van der Waals surface area contributed by atoms with Crippen molar-refractivity contribution in [3.05, 3.63) is 46.6 Å². The van der Waals surface area contributed by atoms with Gasteiger partial charge in [-0.1, -0.05) is 24.4 Å². The van der Waals surface area contributed by atoms with Gasteiger partial charge in [0.1, 0.15) is 22.5 Å². The van der Waals surface area contributed by atoms with Gasteiger partial charge in [-0.25, -0.2) is 4.98 Å². The summed E-state index contributed by atoms with van der Waals surface area (Å²) >= 11 is 4.99. The predicted octanol–water partition coefficient (Wildman–Crippen LogP) is 1.86. The molecule has 102 valence electrons. The van der Waals surface area contributed by atoms with E-state index in [9.17, 15) is 4.79 Å². The Labute approximate surface area is 120 Å². The molecule has 0 saturated heterocycles. The number of imidazole rings is 1. The molecule has 2 N–H and O–H groups in total. The van der Waals surface area contributed by atoms with E-state index in [4.69, 9.17) is 18.0 Å². The lowest BCUT2D eigenvalue weighted by Crippen LogP contribution is -2.26. The first kappa shape index (κ1) is 12.8. The molecule has 1 aromatic carbocycles. The quantitative estimate of drug-likeness (QED) is 0.730. The summed E-state index contributed by atoms with van der Waals surface area (Å²) in [6, 6.07) is 7.75. The second-order valence-electron chi connectivity index (χ2n) is 4.93. The number of fused-ring (bicyclic) bond motifs is 3. The number of hydrogen-bond acceptors (Lipinski definition) is 3. The van der Waals surface area contributed by atoms with E-state index in [2.05, 4.69) is 4.98 Å². The Morgan fingerprint density at radius 3 is 2.55 bits per heavy atom. The van der Waals surface area contributed by atoms with Crippen molar-refractivity contribution < 1.29 is 0 Å². The van der Waals surface area contributed by atoms with Gasteiger partial charge in [-0.15, -0.1) is 0 Å². The van der Waals surface area contributed by atoms with Gasteiger partial charge in [0, 0.05) is 6.04 Å². The van der Waals surface area contributed by atoms with E-state index in [1.807, 2.05) is 38.1 Å². The fourth-order valence-electron chi connectivity index (χ4n) is 2.52. The lowest BCUT2D eigenvalue weighted by Gasteiger charge is -2.15. The summed E-state index contributed by atoms with van der Waals surface area (Å²) in [5, 5.41) is 0. The number of para-hydroxylation sites is 2. The maximum atomic E-state index is 12.8. The van der Waals surface area contributed by atoms with Crippen molar-refractivity contribution in [1.82, 2.24) is 14.0 Å². The SMILES string of the molecule is CC(C)n1c(=O)c2c(C(N)=S)ncn2c2ccccc21. The number of thiocarbonyl (C=S) groups is 1. The van der Waals surface area contributed by atoms with Crippen molar-refractivity contribution >= 4 is 33.8 Å². The summed E-state index contributed by atoms with van der Waals surface area (Å²) in [5.74, 6) is 0. The molecule has 0 aliphatic rings.